The van der Waals surface area contributed by atoms with Gasteiger partial charge in [0.05, 0.1) is 5.52 Å². The molecule has 0 saturated heterocycles. The van der Waals surface area contributed by atoms with Crippen molar-refractivity contribution in [1.82, 2.24) is 14.5 Å². The molecule has 1 heterocycles. The second kappa shape index (κ2) is 4.49. The van der Waals surface area contributed by atoms with E-state index in [-0.39, 0.29) is 22.7 Å². The van der Waals surface area contributed by atoms with Gasteiger partial charge >= 0.3 is 0 Å². The molecule has 0 atom stereocenters. The van der Waals surface area contributed by atoms with Gasteiger partial charge in [-0.25, -0.2) is 8.78 Å². The summed E-state index contributed by atoms with van der Waals surface area (Å²) in [7, 11) is 3.16. The normalized spacial score (nSPS) is 10.9. The lowest BCUT2D eigenvalue weighted by Gasteiger charge is -2.11. The zero-order valence-electron chi connectivity index (χ0n) is 9.83. The lowest BCUT2D eigenvalue weighted by Crippen LogP contribution is -2.26. The van der Waals surface area contributed by atoms with Gasteiger partial charge in [-0.05, 0) is 24.4 Å². The topological polar surface area (TPSA) is 41.0 Å². The van der Waals surface area contributed by atoms with Crippen LogP contribution in [0.25, 0.3) is 11.0 Å². The summed E-state index contributed by atoms with van der Waals surface area (Å²) in [4.78, 5) is 15.7. The van der Waals surface area contributed by atoms with E-state index in [1.165, 1.54) is 15.5 Å². The van der Waals surface area contributed by atoms with Crippen LogP contribution in [0.2, 0.25) is 0 Å². The Morgan fingerprint density at radius 3 is 2.72 bits per heavy atom. The van der Waals surface area contributed by atoms with Crippen molar-refractivity contribution in [3.8, 4) is 0 Å². The number of fused-ring (bicyclic) bond motifs is 1. The molecule has 2 rings (SSSR count). The van der Waals surface area contributed by atoms with E-state index in [0.717, 1.165) is 6.07 Å². The van der Waals surface area contributed by atoms with E-state index >= 15 is 0 Å². The Morgan fingerprint density at radius 1 is 1.44 bits per heavy atom. The minimum Gasteiger partial charge on any atom is -0.347 e. The monoisotopic (exact) mass is 271 g/mol. The van der Waals surface area contributed by atoms with E-state index in [0.29, 0.717) is 5.52 Å². The van der Waals surface area contributed by atoms with Gasteiger partial charge in [-0.2, -0.15) is 0 Å². The van der Waals surface area contributed by atoms with E-state index < -0.39 is 11.6 Å². The molecule has 1 aromatic heterocycles. The maximum Gasteiger partial charge on any atom is 0.242 e. The second-order valence-electron chi connectivity index (χ2n) is 4.06. The van der Waals surface area contributed by atoms with Gasteiger partial charge in [-0.15, -0.1) is 0 Å². The van der Waals surface area contributed by atoms with Crippen LogP contribution in [0.3, 0.4) is 0 Å². The number of carbonyl (C=O) groups excluding carboxylic acids is 1. The number of rotatable bonds is 2. The summed E-state index contributed by atoms with van der Waals surface area (Å²) >= 11 is 5.01. The highest BCUT2D eigenvalue weighted by molar-refractivity contribution is 7.71. The first-order chi connectivity index (χ1) is 8.41. The molecule has 0 spiro atoms. The van der Waals surface area contributed by atoms with Crippen molar-refractivity contribution in [2.75, 3.05) is 14.1 Å². The van der Waals surface area contributed by atoms with Crippen LogP contribution in [0.15, 0.2) is 12.1 Å². The van der Waals surface area contributed by atoms with Crippen molar-refractivity contribution in [2.24, 2.45) is 0 Å². The molecule has 0 aliphatic heterocycles. The van der Waals surface area contributed by atoms with Gasteiger partial charge in [0.2, 0.25) is 5.91 Å². The molecule has 1 amide bonds. The van der Waals surface area contributed by atoms with Crippen molar-refractivity contribution in [2.45, 2.75) is 6.54 Å². The molecular formula is C11H11F2N3OS. The van der Waals surface area contributed by atoms with Gasteiger partial charge in [-0.3, -0.25) is 4.79 Å². The van der Waals surface area contributed by atoms with E-state index in [4.69, 9.17) is 12.2 Å². The number of aromatic nitrogens is 2. The largest absolute Gasteiger partial charge is 0.347 e. The Labute approximate surface area is 107 Å². The predicted molar refractivity (Wildman–Crippen MR) is 65.7 cm³/mol. The Kier molecular flexibility index (Phi) is 3.16. The minimum absolute atomic E-state index is 0.0183. The zero-order chi connectivity index (χ0) is 13.4. The smallest absolute Gasteiger partial charge is 0.242 e. The summed E-state index contributed by atoms with van der Waals surface area (Å²) in [6.07, 6.45) is 0. The SMILES string of the molecule is CN(C)C(=O)Cn1c(=S)[nH]c2ccc(F)c(F)c21. The summed E-state index contributed by atoms with van der Waals surface area (Å²) < 4.78 is 28.4. The molecule has 4 nitrogen and oxygen atoms in total. The van der Waals surface area contributed by atoms with Crippen molar-refractivity contribution >= 4 is 29.2 Å². The highest BCUT2D eigenvalue weighted by atomic mass is 32.1. The number of likely N-dealkylation sites (N-methyl/N-ethyl adjacent to an activating group) is 1. The molecule has 7 heteroatoms. The molecule has 18 heavy (non-hydrogen) atoms. The third-order valence-corrected chi connectivity index (χ3v) is 2.94. The molecule has 0 bridgehead atoms. The zero-order valence-corrected chi connectivity index (χ0v) is 10.6. The van der Waals surface area contributed by atoms with Crippen molar-refractivity contribution in [3.63, 3.8) is 0 Å². The first-order valence-electron chi connectivity index (χ1n) is 5.18. The van der Waals surface area contributed by atoms with Crippen LogP contribution in [-0.4, -0.2) is 34.5 Å². The fourth-order valence-electron chi connectivity index (χ4n) is 1.62. The van der Waals surface area contributed by atoms with Gasteiger partial charge in [0.15, 0.2) is 16.4 Å². The third-order valence-electron chi connectivity index (χ3n) is 2.62. The second-order valence-corrected chi connectivity index (χ2v) is 4.45. The first kappa shape index (κ1) is 12.7. The Hall–Kier alpha value is -1.76. The summed E-state index contributed by atoms with van der Waals surface area (Å²) in [5, 5.41) is 0. The highest BCUT2D eigenvalue weighted by Gasteiger charge is 2.16. The lowest BCUT2D eigenvalue weighted by molar-refractivity contribution is -0.129. The Balaban J connectivity index is 2.63. The van der Waals surface area contributed by atoms with Crippen LogP contribution in [0.1, 0.15) is 0 Å². The molecule has 0 unspecified atom stereocenters. The average Bonchev–Trinajstić information content (AvgIpc) is 2.61. The summed E-state index contributed by atoms with van der Waals surface area (Å²) in [6.45, 7) is -0.133. The minimum atomic E-state index is -1.01. The number of halogens is 2. The fourth-order valence-corrected chi connectivity index (χ4v) is 1.88. The number of carbonyl (C=O) groups is 1. The van der Waals surface area contributed by atoms with Crippen LogP contribution in [0.4, 0.5) is 8.78 Å². The fraction of sp³-hybridized carbons (Fsp3) is 0.273. The van der Waals surface area contributed by atoms with Crippen molar-refractivity contribution in [3.05, 3.63) is 28.5 Å². The molecular weight excluding hydrogens is 260 g/mol. The van der Waals surface area contributed by atoms with Crippen LogP contribution in [-0.2, 0) is 11.3 Å². The predicted octanol–water partition coefficient (Wildman–Crippen LogP) is 2.07. The van der Waals surface area contributed by atoms with E-state index in [2.05, 4.69) is 4.98 Å². The van der Waals surface area contributed by atoms with E-state index in [1.54, 1.807) is 14.1 Å². The molecule has 2 aromatic rings. The first-order valence-corrected chi connectivity index (χ1v) is 5.59. The number of hydrogen-bond acceptors (Lipinski definition) is 2. The quantitative estimate of drug-likeness (QED) is 0.849. The van der Waals surface area contributed by atoms with Gasteiger partial charge < -0.3 is 14.5 Å². The van der Waals surface area contributed by atoms with E-state index in [9.17, 15) is 13.6 Å². The summed E-state index contributed by atoms with van der Waals surface area (Å²) in [6, 6.07) is 2.40. The van der Waals surface area contributed by atoms with Crippen molar-refractivity contribution in [1.29, 1.82) is 0 Å². The van der Waals surface area contributed by atoms with E-state index in [1.807, 2.05) is 0 Å². The number of H-pyrrole nitrogens is 1. The lowest BCUT2D eigenvalue weighted by atomic mass is 10.3. The summed E-state index contributed by atoms with van der Waals surface area (Å²) in [5.41, 5.74) is 0.348. The van der Waals surface area contributed by atoms with Gasteiger partial charge in [-0.1, -0.05) is 0 Å². The van der Waals surface area contributed by atoms with Crippen LogP contribution >= 0.6 is 12.2 Å². The van der Waals surface area contributed by atoms with Gasteiger partial charge in [0, 0.05) is 14.1 Å². The maximum absolute atomic E-state index is 13.7. The number of nitrogens with zero attached hydrogens (tertiary/aromatic N) is 2. The number of imidazole rings is 1. The molecule has 0 radical (unpaired) electrons. The number of amides is 1. The molecule has 0 saturated carbocycles. The standard InChI is InChI=1S/C11H11F2N3OS/c1-15(2)8(17)5-16-10-7(14-11(16)18)4-3-6(12)9(10)13/h3-4H,5H2,1-2H3,(H,14,18). The number of benzene rings is 1. The molecule has 0 fully saturated rings. The van der Waals surface area contributed by atoms with Crippen LogP contribution < -0.4 is 0 Å². The molecule has 96 valence electrons. The Morgan fingerprint density at radius 2 is 2.11 bits per heavy atom. The number of aromatic amines is 1. The number of nitrogens with one attached hydrogen (secondary N) is 1. The Bertz CT molecular complexity index is 675. The molecule has 0 aliphatic rings. The maximum atomic E-state index is 13.7. The third kappa shape index (κ3) is 2.01. The molecule has 1 aromatic carbocycles. The van der Waals surface area contributed by atoms with Gasteiger partial charge in [0.1, 0.15) is 12.1 Å². The summed E-state index contributed by atoms with van der Waals surface area (Å²) in [5.74, 6) is -2.23. The molecule has 0 aliphatic carbocycles. The molecule has 1 N–H and O–H groups in total. The average molecular weight is 271 g/mol. The van der Waals surface area contributed by atoms with Crippen LogP contribution in [0, 0.1) is 16.4 Å². The number of hydrogen-bond donors (Lipinski definition) is 1. The van der Waals surface area contributed by atoms with Crippen molar-refractivity contribution < 1.29 is 13.6 Å². The van der Waals surface area contributed by atoms with Crippen LogP contribution in [0.5, 0.6) is 0 Å². The highest BCUT2D eigenvalue weighted by Crippen LogP contribution is 2.20. The van der Waals surface area contributed by atoms with Gasteiger partial charge in [0.25, 0.3) is 0 Å².